The van der Waals surface area contributed by atoms with E-state index in [1.807, 2.05) is 0 Å². The van der Waals surface area contributed by atoms with Gasteiger partial charge in [0, 0.05) is 0 Å². The van der Waals surface area contributed by atoms with E-state index in [1.165, 1.54) is 44.9 Å². The molecule has 0 bridgehead atoms. The first kappa shape index (κ1) is 24.3. The van der Waals surface area contributed by atoms with Crippen LogP contribution in [-0.2, 0) is 19.6 Å². The van der Waals surface area contributed by atoms with E-state index in [-0.39, 0.29) is 58.0 Å². The summed E-state index contributed by atoms with van der Waals surface area (Å²) in [5.41, 5.74) is 0. The monoisotopic (exact) mass is 346 g/mol. The maximum atomic E-state index is 10.9. The molecule has 0 heterocycles. The van der Waals surface area contributed by atoms with Crippen molar-refractivity contribution in [2.75, 3.05) is 12.4 Å². The van der Waals surface area contributed by atoms with Gasteiger partial charge in [0.05, 0.1) is 6.61 Å². The molecule has 0 saturated carbocycles. The van der Waals surface area contributed by atoms with Crippen molar-refractivity contribution in [1.29, 1.82) is 0 Å². The van der Waals surface area contributed by atoms with Crippen molar-refractivity contribution < 1.29 is 73.9 Å². The van der Waals surface area contributed by atoms with E-state index >= 15 is 0 Å². The third kappa shape index (κ3) is 21.0. The van der Waals surface area contributed by atoms with Gasteiger partial charge in [-0.05, 0) is 6.42 Å². The van der Waals surface area contributed by atoms with Crippen molar-refractivity contribution in [2.24, 2.45) is 0 Å². The zero-order valence-corrected chi connectivity index (χ0v) is 17.4. The van der Waals surface area contributed by atoms with Crippen molar-refractivity contribution in [2.45, 2.75) is 71.1 Å². The average molecular weight is 347 g/mol. The maximum absolute atomic E-state index is 10.9. The third-order valence-corrected chi connectivity index (χ3v) is 3.64. The molecule has 0 aliphatic carbocycles. The zero-order chi connectivity index (χ0) is 15.3. The van der Waals surface area contributed by atoms with Crippen molar-refractivity contribution >= 4 is 16.1 Å². The summed E-state index contributed by atoms with van der Waals surface area (Å²) in [7, 11) is -4.51. The third-order valence-electron chi connectivity index (χ3n) is 3.06. The molecule has 0 amide bonds. The van der Waals surface area contributed by atoms with Crippen LogP contribution in [0.25, 0.3) is 0 Å². The molecule has 0 atom stereocenters. The second-order valence-corrected chi connectivity index (χ2v) is 6.51. The Labute approximate surface area is 171 Å². The van der Waals surface area contributed by atoms with Crippen LogP contribution < -0.4 is 51.4 Å². The second kappa shape index (κ2) is 15.9. The normalized spacial score (nSPS) is 11.0. The number of carbonyl (C=O) groups excluding carboxylic acids is 1. The molecule has 0 N–H and O–H groups in total. The molecule has 0 aromatic heterocycles. The van der Waals surface area contributed by atoms with Crippen molar-refractivity contribution in [3.8, 4) is 0 Å². The summed E-state index contributed by atoms with van der Waals surface area (Å²) in [4.78, 5) is 10.9. The topological polar surface area (TPSA) is 83.5 Å². The van der Waals surface area contributed by atoms with Crippen LogP contribution in [0.1, 0.15) is 71.1 Å². The second-order valence-electron chi connectivity index (χ2n) is 5.10. The van der Waals surface area contributed by atoms with Gasteiger partial charge in [-0.3, -0.25) is 4.79 Å². The van der Waals surface area contributed by atoms with Gasteiger partial charge in [0.2, 0.25) is 0 Å². The predicted octanol–water partition coefficient (Wildman–Crippen LogP) is -0.000300. The van der Waals surface area contributed by atoms with Crippen LogP contribution in [0, 0.1) is 0 Å². The number of ether oxygens (including phenoxy) is 1. The Kier molecular flexibility index (Phi) is 18.4. The van der Waals surface area contributed by atoms with E-state index in [4.69, 9.17) is 0 Å². The van der Waals surface area contributed by atoms with Gasteiger partial charge in [-0.25, -0.2) is 8.42 Å². The molecule has 0 fully saturated rings. The number of carbonyl (C=O) groups is 1. The molecule has 0 unspecified atom stereocenters. The molecule has 21 heavy (non-hydrogen) atoms. The maximum Gasteiger partial charge on any atom is 1.00 e. The van der Waals surface area contributed by atoms with E-state index in [0.717, 1.165) is 19.3 Å². The number of hydrogen-bond donors (Lipinski definition) is 0. The Morgan fingerprint density at radius 2 is 1.33 bits per heavy atom. The van der Waals surface area contributed by atoms with Crippen LogP contribution in [0.5, 0.6) is 0 Å². The Morgan fingerprint density at radius 1 is 0.905 bits per heavy atom. The standard InChI is InChI=1S/C14H28O5S.K/c1-2-3-4-5-6-7-8-9-10-11-12-19-14(15)13-20(16,17)18;/h2-13H2,1H3,(H,16,17,18);/q;+1/p-1. The largest absolute Gasteiger partial charge is 1.00 e. The minimum Gasteiger partial charge on any atom is -0.748 e. The summed E-state index contributed by atoms with van der Waals surface area (Å²) in [5, 5.41) is 0. The number of hydrogen-bond acceptors (Lipinski definition) is 5. The minimum absolute atomic E-state index is 0. The van der Waals surface area contributed by atoms with E-state index in [9.17, 15) is 17.8 Å². The van der Waals surface area contributed by atoms with Gasteiger partial charge < -0.3 is 9.29 Å². The van der Waals surface area contributed by atoms with Crippen molar-refractivity contribution in [3.05, 3.63) is 0 Å². The first-order valence-electron chi connectivity index (χ1n) is 7.55. The van der Waals surface area contributed by atoms with Crippen LogP contribution in [0.4, 0.5) is 0 Å². The van der Waals surface area contributed by atoms with E-state index in [1.54, 1.807) is 0 Å². The molecule has 0 saturated heterocycles. The Bertz CT molecular complexity index is 343. The van der Waals surface area contributed by atoms with Gasteiger partial charge >= 0.3 is 57.4 Å². The van der Waals surface area contributed by atoms with Gasteiger partial charge in [0.15, 0.2) is 0 Å². The molecule has 0 aliphatic rings. The number of rotatable bonds is 13. The van der Waals surface area contributed by atoms with Gasteiger partial charge in [0.1, 0.15) is 15.9 Å². The summed E-state index contributed by atoms with van der Waals surface area (Å²) in [6.07, 6.45) is 11.8. The van der Waals surface area contributed by atoms with Crippen molar-refractivity contribution in [1.82, 2.24) is 0 Å². The molecule has 7 heteroatoms. The smallest absolute Gasteiger partial charge is 0.748 e. The fraction of sp³-hybridized carbons (Fsp3) is 0.929. The Morgan fingerprint density at radius 3 is 1.76 bits per heavy atom. The first-order valence-corrected chi connectivity index (χ1v) is 9.12. The van der Waals surface area contributed by atoms with Crippen molar-refractivity contribution in [3.63, 3.8) is 0 Å². The van der Waals surface area contributed by atoms with Gasteiger partial charge in [-0.2, -0.15) is 0 Å². The summed E-state index contributed by atoms with van der Waals surface area (Å²) in [6, 6.07) is 0. The number of unbranched alkanes of at least 4 members (excludes halogenated alkanes) is 9. The van der Waals surface area contributed by atoms with Gasteiger partial charge in [-0.1, -0.05) is 64.7 Å². The fourth-order valence-corrected chi connectivity index (χ4v) is 2.33. The summed E-state index contributed by atoms with van der Waals surface area (Å²) < 4.78 is 35.5. The predicted molar refractivity (Wildman–Crippen MR) is 77.4 cm³/mol. The average Bonchev–Trinajstić information content (AvgIpc) is 2.34. The summed E-state index contributed by atoms with van der Waals surface area (Å²) in [6.45, 7) is 2.41. The molecule has 0 rings (SSSR count). The molecule has 120 valence electrons. The minimum atomic E-state index is -4.51. The molecule has 5 nitrogen and oxygen atoms in total. The quantitative estimate of drug-likeness (QED) is 0.203. The Balaban J connectivity index is 0. The molecule has 0 aromatic rings. The molecule has 0 spiro atoms. The van der Waals surface area contributed by atoms with Crippen LogP contribution in [0.2, 0.25) is 0 Å². The van der Waals surface area contributed by atoms with E-state index in [0.29, 0.717) is 0 Å². The molecule has 0 aliphatic heterocycles. The Hall–Kier alpha value is 1.02. The van der Waals surface area contributed by atoms with Crippen LogP contribution in [-0.4, -0.2) is 31.3 Å². The van der Waals surface area contributed by atoms with Crippen LogP contribution in [0.3, 0.4) is 0 Å². The zero-order valence-electron chi connectivity index (χ0n) is 13.4. The summed E-state index contributed by atoms with van der Waals surface area (Å²) in [5.74, 6) is -2.01. The summed E-state index contributed by atoms with van der Waals surface area (Å²) >= 11 is 0. The van der Waals surface area contributed by atoms with E-state index < -0.39 is 21.8 Å². The van der Waals surface area contributed by atoms with E-state index in [2.05, 4.69) is 11.7 Å². The fourth-order valence-electron chi connectivity index (χ4n) is 1.96. The first-order chi connectivity index (χ1) is 9.45. The SMILES string of the molecule is CCCCCCCCCCCCOC(=O)CS(=O)(=O)[O-].[K+]. The molecule has 0 aromatic carbocycles. The molecular formula is C14H27KO5S. The van der Waals surface area contributed by atoms with Crippen LogP contribution >= 0.6 is 0 Å². The van der Waals surface area contributed by atoms with Gasteiger partial charge in [-0.15, -0.1) is 0 Å². The van der Waals surface area contributed by atoms with Crippen LogP contribution in [0.15, 0.2) is 0 Å². The molecular weight excluding hydrogens is 319 g/mol. The molecule has 0 radical (unpaired) electrons. The number of esters is 1. The van der Waals surface area contributed by atoms with Gasteiger partial charge in [0.25, 0.3) is 0 Å².